The molecule has 0 amide bonds. The minimum atomic E-state index is -0.636. The van der Waals surface area contributed by atoms with Gasteiger partial charge in [0, 0.05) is 18.9 Å². The summed E-state index contributed by atoms with van der Waals surface area (Å²) in [5.41, 5.74) is 0.334. The first kappa shape index (κ1) is 26.4. The van der Waals surface area contributed by atoms with Crippen molar-refractivity contribution in [2.75, 3.05) is 11.9 Å². The highest BCUT2D eigenvalue weighted by molar-refractivity contribution is 5.23. The van der Waals surface area contributed by atoms with Crippen LogP contribution in [0.5, 0.6) is 0 Å². The highest BCUT2D eigenvalue weighted by Gasteiger charge is 2.61. The van der Waals surface area contributed by atoms with Gasteiger partial charge < -0.3 is 10.4 Å². The molecule has 2 N–H and O–H groups in total. The van der Waals surface area contributed by atoms with Crippen LogP contribution in [-0.2, 0) is 0 Å². The van der Waals surface area contributed by atoms with E-state index in [1.807, 2.05) is 6.07 Å². The number of hydrogen-bond acceptors (Lipinski definition) is 4. The van der Waals surface area contributed by atoms with E-state index in [4.69, 9.17) is 0 Å². The molecule has 5 rings (SSSR count). The van der Waals surface area contributed by atoms with Crippen molar-refractivity contribution < 1.29 is 5.11 Å². The fourth-order valence-electron chi connectivity index (χ4n) is 10.1. The summed E-state index contributed by atoms with van der Waals surface area (Å²) in [5.74, 6) is 6.64. The maximum atomic E-state index is 11.6. The number of hydrogen-bond donors (Lipinski definition) is 2. The second kappa shape index (κ2) is 10.2. The molecule has 0 radical (unpaired) electrons. The van der Waals surface area contributed by atoms with E-state index in [-0.39, 0.29) is 0 Å². The molecule has 9 atom stereocenters. The Balaban J connectivity index is 1.23. The summed E-state index contributed by atoms with van der Waals surface area (Å²) in [6, 6.07) is 1.83. The van der Waals surface area contributed by atoms with Crippen LogP contribution in [0.25, 0.3) is 0 Å². The Hall–Kier alpha value is -1.16. The predicted molar refractivity (Wildman–Crippen MR) is 149 cm³/mol. The van der Waals surface area contributed by atoms with Crippen molar-refractivity contribution in [3.8, 4) is 0 Å². The first-order valence-electron chi connectivity index (χ1n) is 15.4. The molecule has 4 nitrogen and oxygen atoms in total. The van der Waals surface area contributed by atoms with E-state index in [1.165, 1.54) is 64.2 Å². The molecule has 4 aliphatic rings. The maximum Gasteiger partial charge on any atom is 0.222 e. The Bertz CT molecular complexity index is 875. The summed E-state index contributed by atoms with van der Waals surface area (Å²) in [5, 5.41) is 14.9. The second-order valence-electron chi connectivity index (χ2n) is 14.5. The molecule has 202 valence electrons. The monoisotopic (exact) mass is 495 g/mol. The first-order chi connectivity index (χ1) is 17.1. The Morgan fingerprint density at radius 3 is 2.42 bits per heavy atom. The summed E-state index contributed by atoms with van der Waals surface area (Å²) in [4.78, 5) is 8.58. The van der Waals surface area contributed by atoms with Crippen LogP contribution in [0.2, 0.25) is 0 Å². The van der Waals surface area contributed by atoms with Crippen LogP contribution in [0.15, 0.2) is 18.5 Å². The Kier molecular flexibility index (Phi) is 7.49. The van der Waals surface area contributed by atoms with E-state index >= 15 is 0 Å². The van der Waals surface area contributed by atoms with E-state index in [2.05, 4.69) is 49.9 Å². The van der Waals surface area contributed by atoms with Gasteiger partial charge in [-0.1, -0.05) is 53.9 Å². The van der Waals surface area contributed by atoms with Crippen LogP contribution in [0.4, 0.5) is 5.95 Å². The van der Waals surface area contributed by atoms with Crippen molar-refractivity contribution in [1.82, 2.24) is 9.97 Å². The number of aromatic nitrogens is 2. The van der Waals surface area contributed by atoms with Crippen LogP contribution >= 0.6 is 0 Å². The summed E-state index contributed by atoms with van der Waals surface area (Å²) in [6.45, 7) is 13.2. The molecular formula is C32H53N3O. The lowest BCUT2D eigenvalue weighted by atomic mass is 9.43. The van der Waals surface area contributed by atoms with Crippen LogP contribution in [-0.4, -0.2) is 27.2 Å². The van der Waals surface area contributed by atoms with Gasteiger partial charge in [0.15, 0.2) is 0 Å². The normalized spacial score (nSPS) is 42.9. The van der Waals surface area contributed by atoms with Gasteiger partial charge in [-0.25, -0.2) is 9.97 Å². The van der Waals surface area contributed by atoms with Crippen LogP contribution in [0.1, 0.15) is 112 Å². The van der Waals surface area contributed by atoms with Gasteiger partial charge in [-0.3, -0.25) is 0 Å². The summed E-state index contributed by atoms with van der Waals surface area (Å²) in [7, 11) is 0. The van der Waals surface area contributed by atoms with Gasteiger partial charge in [-0.15, -0.1) is 0 Å². The van der Waals surface area contributed by atoms with E-state index in [0.29, 0.717) is 29.2 Å². The third-order valence-electron chi connectivity index (χ3n) is 12.2. The quantitative estimate of drug-likeness (QED) is 0.387. The smallest absolute Gasteiger partial charge is 0.222 e. The largest absolute Gasteiger partial charge is 0.388 e. The van der Waals surface area contributed by atoms with Crippen molar-refractivity contribution in [1.29, 1.82) is 0 Å². The zero-order valence-corrected chi connectivity index (χ0v) is 23.8. The minimum absolute atomic E-state index is 0.403. The molecule has 4 fully saturated rings. The molecule has 0 aliphatic heterocycles. The van der Waals surface area contributed by atoms with Crippen molar-refractivity contribution in [2.24, 2.45) is 52.3 Å². The van der Waals surface area contributed by atoms with Crippen molar-refractivity contribution in [2.45, 2.75) is 117 Å². The lowest BCUT2D eigenvalue weighted by molar-refractivity contribution is -0.149. The van der Waals surface area contributed by atoms with Gasteiger partial charge in [0.2, 0.25) is 5.95 Å². The minimum Gasteiger partial charge on any atom is -0.388 e. The zero-order valence-electron chi connectivity index (χ0n) is 23.8. The number of rotatable bonds is 8. The molecule has 0 aromatic carbocycles. The molecule has 36 heavy (non-hydrogen) atoms. The van der Waals surface area contributed by atoms with Gasteiger partial charge in [-0.2, -0.15) is 0 Å². The number of anilines is 1. The fourth-order valence-corrected chi connectivity index (χ4v) is 10.1. The fraction of sp³-hybridized carbons (Fsp3) is 0.875. The maximum absolute atomic E-state index is 11.6. The third-order valence-corrected chi connectivity index (χ3v) is 12.2. The molecule has 0 spiro atoms. The molecule has 0 bridgehead atoms. The van der Waals surface area contributed by atoms with Crippen molar-refractivity contribution in [3.05, 3.63) is 18.5 Å². The molecular weight excluding hydrogens is 442 g/mol. The molecule has 1 aromatic rings. The molecule has 1 aromatic heterocycles. The standard InChI is InChI=1S/C32H53N3O/c1-22(2)8-6-9-23(3)26-12-13-27-25-11-10-24-20-32(36,21-35-29-33-18-7-19-34-29)17-16-30(24,4)28(25)14-15-31(26,27)5/h7,18-19,22-28,36H,6,8-17,20-21H2,1-5H3,(H,33,34,35)/t23-,24+,25?,26-,27?,28?,30+,31-,32-/m1/s1. The van der Waals surface area contributed by atoms with Crippen molar-refractivity contribution in [3.63, 3.8) is 0 Å². The third kappa shape index (κ3) is 4.85. The van der Waals surface area contributed by atoms with Gasteiger partial charge in [0.1, 0.15) is 0 Å². The molecule has 4 aliphatic carbocycles. The lowest BCUT2D eigenvalue weighted by Crippen LogP contribution is -2.57. The number of fused-ring (bicyclic) bond motifs is 5. The second-order valence-corrected chi connectivity index (χ2v) is 14.5. The highest BCUT2D eigenvalue weighted by atomic mass is 16.3. The van der Waals surface area contributed by atoms with Gasteiger partial charge >= 0.3 is 0 Å². The Morgan fingerprint density at radius 2 is 1.67 bits per heavy atom. The average Bonchev–Trinajstić information content (AvgIpc) is 3.21. The summed E-state index contributed by atoms with van der Waals surface area (Å²) < 4.78 is 0. The van der Waals surface area contributed by atoms with E-state index < -0.39 is 5.60 Å². The van der Waals surface area contributed by atoms with E-state index in [9.17, 15) is 5.11 Å². The average molecular weight is 496 g/mol. The molecule has 0 saturated heterocycles. The van der Waals surface area contributed by atoms with Gasteiger partial charge in [0.05, 0.1) is 5.60 Å². The Labute approximate surface area is 220 Å². The predicted octanol–water partition coefficient (Wildman–Crippen LogP) is 7.74. The summed E-state index contributed by atoms with van der Waals surface area (Å²) >= 11 is 0. The van der Waals surface area contributed by atoms with Crippen molar-refractivity contribution >= 4 is 5.95 Å². The molecule has 3 unspecified atom stereocenters. The Morgan fingerprint density at radius 1 is 0.917 bits per heavy atom. The van der Waals surface area contributed by atoms with Gasteiger partial charge in [0.25, 0.3) is 0 Å². The lowest BCUT2D eigenvalue weighted by Gasteiger charge is -2.62. The first-order valence-corrected chi connectivity index (χ1v) is 15.4. The van der Waals surface area contributed by atoms with Crippen LogP contribution < -0.4 is 5.32 Å². The molecule has 4 heteroatoms. The highest BCUT2D eigenvalue weighted by Crippen LogP contribution is 2.68. The van der Waals surface area contributed by atoms with E-state index in [0.717, 1.165) is 48.3 Å². The SMILES string of the molecule is CC(C)CCC[C@@H](C)[C@H]1CCC2C3CC[C@H]4C[C@@](O)(CNc5ncccn5)CC[C@]4(C)C3CC[C@@]21C. The van der Waals surface area contributed by atoms with Crippen LogP contribution in [0, 0.1) is 52.3 Å². The van der Waals surface area contributed by atoms with Gasteiger partial charge in [-0.05, 0) is 116 Å². The topological polar surface area (TPSA) is 58.0 Å². The number of nitrogens with zero attached hydrogens (tertiary/aromatic N) is 2. The molecule has 4 saturated carbocycles. The zero-order chi connectivity index (χ0) is 25.6. The van der Waals surface area contributed by atoms with Crippen LogP contribution in [0.3, 0.4) is 0 Å². The summed E-state index contributed by atoms with van der Waals surface area (Å²) in [6.07, 6.45) is 19.3. The number of nitrogens with one attached hydrogen (secondary N) is 1. The number of aliphatic hydroxyl groups is 1. The molecule has 1 heterocycles. The van der Waals surface area contributed by atoms with E-state index in [1.54, 1.807) is 12.4 Å².